The summed E-state index contributed by atoms with van der Waals surface area (Å²) in [5.74, 6) is 19.4. The van der Waals surface area contributed by atoms with Gasteiger partial charge in [-0.05, 0) is 185 Å². The predicted molar refractivity (Wildman–Crippen MR) is 307 cm³/mol. The topological polar surface area (TPSA) is 74.2 Å². The Kier molecular flexibility index (Phi) is 26.3. The lowest BCUT2D eigenvalue weighted by Crippen LogP contribution is -2.10. The molecule has 6 heteroatoms. The van der Waals surface area contributed by atoms with Gasteiger partial charge in [-0.3, -0.25) is 4.98 Å². The third-order valence-corrected chi connectivity index (χ3v) is 10.8. The van der Waals surface area contributed by atoms with Crippen LogP contribution >= 0.6 is 33.9 Å². The van der Waals surface area contributed by atoms with Gasteiger partial charge in [0.1, 0.15) is 5.75 Å². The van der Waals surface area contributed by atoms with Crippen molar-refractivity contribution < 1.29 is 4.74 Å². The first kappa shape index (κ1) is 57.0. The molecule has 6 aromatic carbocycles. The molecule has 0 saturated heterocycles. The normalized spacial score (nSPS) is 9.09. The highest BCUT2D eigenvalue weighted by Crippen LogP contribution is 2.23. The number of terminal acetylenes is 5. The summed E-state index contributed by atoms with van der Waals surface area (Å²) in [4.78, 5) is 4.81. The van der Waals surface area contributed by atoms with Gasteiger partial charge < -0.3 is 16.2 Å². The van der Waals surface area contributed by atoms with Crippen molar-refractivity contribution in [3.63, 3.8) is 0 Å². The van der Waals surface area contributed by atoms with Crippen LogP contribution in [0.5, 0.6) is 5.75 Å². The average molecular weight is 1030 g/mol. The molecule has 0 radical (unpaired) electrons. The summed E-state index contributed by atoms with van der Waals surface area (Å²) in [7, 11) is 1.66. The first-order chi connectivity index (χ1) is 33.1. The van der Waals surface area contributed by atoms with E-state index >= 15 is 0 Å². The van der Waals surface area contributed by atoms with Crippen molar-refractivity contribution in [3.05, 3.63) is 222 Å². The molecule has 0 saturated carbocycles. The second-order valence-electron chi connectivity index (χ2n) is 15.5. The molecule has 2 heterocycles. The van der Waals surface area contributed by atoms with Crippen LogP contribution in [0.2, 0.25) is 0 Å². The van der Waals surface area contributed by atoms with Crippen molar-refractivity contribution in [2.75, 3.05) is 18.6 Å². The second kappa shape index (κ2) is 31.8. The van der Waals surface area contributed by atoms with Crippen molar-refractivity contribution in [1.82, 2.24) is 4.98 Å². The fourth-order valence-electron chi connectivity index (χ4n) is 5.39. The van der Waals surface area contributed by atoms with Crippen molar-refractivity contribution in [3.8, 4) is 79.3 Å². The van der Waals surface area contributed by atoms with Gasteiger partial charge in [-0.15, -0.1) is 49.4 Å². The average Bonchev–Trinajstić information content (AvgIpc) is 3.92. The molecule has 0 unspecified atom stereocenters. The minimum absolute atomic E-state index is 0.215. The van der Waals surface area contributed by atoms with Gasteiger partial charge >= 0.3 is 0 Å². The van der Waals surface area contributed by atoms with E-state index in [1.165, 1.54) is 9.13 Å². The summed E-state index contributed by atoms with van der Waals surface area (Å²) in [6.07, 6.45) is 29.1. The summed E-state index contributed by atoms with van der Waals surface area (Å²) in [5.41, 5.74) is 21.3. The zero-order chi connectivity index (χ0) is 51.0. The standard InChI is InChI=1S/C13H10O.C12H14.C10H11N.C8H6.C7H8IN.C7H5N.C6H4S/c1-3-10-4-5-12-9-13(14-2)7-6-11(12)8-10;1-5-10-6-8-11(9-7-10)12(2,3)4;1-3-4-9-5-6-10(11)8(2)7-9;1-2-8-6-4-3-5-7-8;1-5-4-6(8)2-3-7(5)9;1-2-7-4-3-5-8-6-7;1-2-6-4-3-5-7-6/h1,4-9H,2H3;1,6-9H,2-4H3;5-7H,11H2,1-2H3;1,3-7H;2-4H,9H2,1H3;1,3-6H;1,3-5H. The maximum atomic E-state index is 5.64. The fraction of sp³-hybridized carbons (Fsp3) is 0.127. The zero-order valence-corrected chi connectivity index (χ0v) is 43.3. The number of anilines is 2. The molecule has 2 aromatic heterocycles. The number of aromatic nitrogens is 1. The van der Waals surface area contributed by atoms with Crippen molar-refractivity contribution in [2.45, 2.75) is 47.0 Å². The van der Waals surface area contributed by atoms with Gasteiger partial charge in [-0.2, -0.15) is 0 Å². The van der Waals surface area contributed by atoms with Gasteiger partial charge in [0.25, 0.3) is 0 Å². The van der Waals surface area contributed by atoms with E-state index < -0.39 is 0 Å². The van der Waals surface area contributed by atoms with Gasteiger partial charge in [-0.1, -0.05) is 105 Å². The molecule has 0 atom stereocenters. The smallest absolute Gasteiger partial charge is 0.119 e. The van der Waals surface area contributed by atoms with Gasteiger partial charge in [0.2, 0.25) is 0 Å². The number of thiophene rings is 1. The number of nitrogens with two attached hydrogens (primary N) is 2. The number of methoxy groups -OCH3 is 1. The number of benzene rings is 6. The zero-order valence-electron chi connectivity index (χ0n) is 40.3. The van der Waals surface area contributed by atoms with Gasteiger partial charge in [0.15, 0.2) is 0 Å². The number of aryl methyl sites for hydroxylation is 2. The Morgan fingerprint density at radius 1 is 0.565 bits per heavy atom. The number of fused-ring (bicyclic) bond motifs is 1. The Hall–Kier alpha value is -8.08. The molecule has 8 rings (SSSR count). The van der Waals surface area contributed by atoms with Crippen LogP contribution in [-0.4, -0.2) is 12.1 Å². The number of nitrogen functional groups attached to an aromatic ring is 2. The number of rotatable bonds is 1. The second-order valence-corrected chi connectivity index (χ2v) is 17.7. The minimum Gasteiger partial charge on any atom is -0.497 e. The molecule has 4 nitrogen and oxygen atoms in total. The van der Waals surface area contributed by atoms with E-state index in [-0.39, 0.29) is 5.41 Å². The maximum Gasteiger partial charge on any atom is 0.119 e. The largest absolute Gasteiger partial charge is 0.497 e. The third kappa shape index (κ3) is 22.8. The number of hydrogen-bond acceptors (Lipinski definition) is 5. The Morgan fingerprint density at radius 2 is 1.12 bits per heavy atom. The number of nitrogens with zero attached hydrogens (tertiary/aromatic N) is 1. The molecule has 69 heavy (non-hydrogen) atoms. The summed E-state index contributed by atoms with van der Waals surface area (Å²) in [5, 5.41) is 4.25. The number of hydrogen-bond donors (Lipinski definition) is 2. The lowest BCUT2D eigenvalue weighted by atomic mass is 9.87. The van der Waals surface area contributed by atoms with Crippen molar-refractivity contribution >= 4 is 56.1 Å². The quantitative estimate of drug-likeness (QED) is 0.0976. The maximum absolute atomic E-state index is 5.64. The minimum atomic E-state index is 0.215. The summed E-state index contributed by atoms with van der Waals surface area (Å²) >= 11 is 3.85. The van der Waals surface area contributed by atoms with Crippen LogP contribution < -0.4 is 16.2 Å². The molecule has 0 bridgehead atoms. The van der Waals surface area contributed by atoms with Crippen LogP contribution in [0, 0.1) is 91.0 Å². The van der Waals surface area contributed by atoms with Crippen LogP contribution in [0.1, 0.15) is 77.1 Å². The Labute approximate surface area is 430 Å². The van der Waals surface area contributed by atoms with E-state index in [1.54, 1.807) is 30.8 Å². The van der Waals surface area contributed by atoms with Crippen LogP contribution in [-0.2, 0) is 5.41 Å². The molecule has 0 spiro atoms. The first-order valence-electron chi connectivity index (χ1n) is 21.4. The summed E-state index contributed by atoms with van der Waals surface area (Å²) < 4.78 is 6.37. The molecule has 4 N–H and O–H groups in total. The van der Waals surface area contributed by atoms with Gasteiger partial charge in [0, 0.05) is 55.2 Å². The lowest BCUT2D eigenvalue weighted by Gasteiger charge is -2.18. The van der Waals surface area contributed by atoms with Crippen LogP contribution in [0.4, 0.5) is 11.4 Å². The highest BCUT2D eigenvalue weighted by Gasteiger charge is 2.12. The highest BCUT2D eigenvalue weighted by atomic mass is 127. The Balaban J connectivity index is 0.000000280. The van der Waals surface area contributed by atoms with Crippen molar-refractivity contribution in [1.29, 1.82) is 0 Å². The van der Waals surface area contributed by atoms with Gasteiger partial charge in [0.05, 0.1) is 12.0 Å². The highest BCUT2D eigenvalue weighted by molar-refractivity contribution is 14.1. The van der Waals surface area contributed by atoms with Gasteiger partial charge in [-0.25, -0.2) is 0 Å². The Morgan fingerprint density at radius 3 is 1.57 bits per heavy atom. The lowest BCUT2D eigenvalue weighted by molar-refractivity contribution is 0.415. The summed E-state index contributed by atoms with van der Waals surface area (Å²) in [6.45, 7) is 12.4. The van der Waals surface area contributed by atoms with Crippen LogP contribution in [0.15, 0.2) is 169 Å². The van der Waals surface area contributed by atoms with E-state index in [4.69, 9.17) is 48.3 Å². The number of halogens is 1. The predicted octanol–water partition coefficient (Wildman–Crippen LogP) is 14.4. The molecule has 8 aromatic rings. The molecule has 0 amide bonds. The molecule has 0 fully saturated rings. The monoisotopic (exact) mass is 1030 g/mol. The molecule has 0 aliphatic rings. The van der Waals surface area contributed by atoms with Crippen LogP contribution in [0.3, 0.4) is 0 Å². The van der Waals surface area contributed by atoms with E-state index in [0.29, 0.717) is 0 Å². The number of pyridine rings is 1. The van der Waals surface area contributed by atoms with Crippen LogP contribution in [0.25, 0.3) is 10.8 Å². The van der Waals surface area contributed by atoms with E-state index in [2.05, 4.69) is 108 Å². The molecular weight excluding hydrogens is 974 g/mol. The van der Waals surface area contributed by atoms with E-state index in [1.807, 2.05) is 160 Å². The van der Waals surface area contributed by atoms with E-state index in [0.717, 1.165) is 71.7 Å². The Bertz CT molecular complexity index is 3020. The molecule has 344 valence electrons. The SMILES string of the molecule is C#Cc1ccc(C(C)(C)C)cc1.C#Cc1ccc2cc(OC)ccc2c1.C#Cc1ccccc1.C#Cc1cccnc1.C#Cc1cccs1.CC#Cc1ccc(N)c(C)c1.Cc1cc(I)ccc1N. The van der Waals surface area contributed by atoms with E-state index in [9.17, 15) is 0 Å². The molecular formula is C63H58IN3OS. The third-order valence-electron chi connectivity index (χ3n) is 9.33. The number of ether oxygens (including phenoxy) is 1. The fourth-order valence-corrected chi connectivity index (χ4v) is 6.56. The first-order valence-corrected chi connectivity index (χ1v) is 23.4. The summed E-state index contributed by atoms with van der Waals surface area (Å²) in [6, 6.07) is 49.0. The molecule has 0 aliphatic heterocycles. The van der Waals surface area contributed by atoms with Crippen molar-refractivity contribution in [2.24, 2.45) is 0 Å². The molecule has 0 aliphatic carbocycles.